The summed E-state index contributed by atoms with van der Waals surface area (Å²) in [5, 5.41) is 14.9. The van der Waals surface area contributed by atoms with Crippen LogP contribution in [-0.4, -0.2) is 44.7 Å². The first-order valence-corrected chi connectivity index (χ1v) is 6.46. The second-order valence-electron chi connectivity index (χ2n) is 5.33. The number of carbonyl (C=O) groups is 1. The highest BCUT2D eigenvalue weighted by Crippen LogP contribution is 2.21. The summed E-state index contributed by atoms with van der Waals surface area (Å²) in [4.78, 5) is 12.7. The second-order valence-corrected chi connectivity index (χ2v) is 5.33. The Morgan fingerprint density at radius 1 is 1.22 bits per heavy atom. The summed E-state index contributed by atoms with van der Waals surface area (Å²) in [6.45, 7) is 6.29. The summed E-state index contributed by atoms with van der Waals surface area (Å²) in [6, 6.07) is 2.24. The molecule has 0 fully saturated rings. The lowest BCUT2D eigenvalue weighted by molar-refractivity contribution is 0.217. The van der Waals surface area contributed by atoms with Crippen LogP contribution in [0.5, 0.6) is 0 Å². The maximum Gasteiger partial charge on any atom is 0.316 e. The molecule has 2 N–H and O–H groups in total. The van der Waals surface area contributed by atoms with Crippen LogP contribution >= 0.6 is 0 Å². The van der Waals surface area contributed by atoms with E-state index in [-0.39, 0.29) is 11.4 Å². The molecule has 0 aromatic heterocycles. The number of hydrogen-bond acceptors (Lipinski definition) is 3. The summed E-state index contributed by atoms with van der Waals surface area (Å²) in [5.74, 6) is 0. The van der Waals surface area contributed by atoms with E-state index < -0.39 is 0 Å². The number of nitrogens with zero attached hydrogens (tertiary/aromatic N) is 2. The second kappa shape index (κ2) is 8.76. The molecule has 0 saturated carbocycles. The van der Waals surface area contributed by atoms with Crippen LogP contribution in [0.15, 0.2) is 0 Å². The number of nitrogens with one attached hydrogen (secondary N) is 2. The van der Waals surface area contributed by atoms with Gasteiger partial charge < -0.3 is 15.5 Å². The monoisotopic (exact) mass is 254 g/mol. The van der Waals surface area contributed by atoms with Crippen LogP contribution in [0.1, 0.15) is 33.1 Å². The van der Waals surface area contributed by atoms with Crippen molar-refractivity contribution in [3.63, 3.8) is 0 Å². The molecule has 0 heterocycles. The molecule has 5 heteroatoms. The molecule has 0 aliphatic carbocycles. The highest BCUT2D eigenvalue weighted by molar-refractivity contribution is 5.73. The molecule has 0 aliphatic rings. The third-order valence-electron chi connectivity index (χ3n) is 2.69. The zero-order valence-corrected chi connectivity index (χ0v) is 12.0. The molecule has 0 atom stereocenters. The topological polar surface area (TPSA) is 68.2 Å². The Hall–Kier alpha value is -1.28. The Labute approximate surface area is 111 Å². The molecule has 0 spiro atoms. The average Bonchev–Trinajstić information content (AvgIpc) is 2.32. The van der Waals surface area contributed by atoms with Crippen LogP contribution in [0.4, 0.5) is 4.79 Å². The fourth-order valence-electron chi connectivity index (χ4n) is 1.41. The van der Waals surface area contributed by atoms with Crippen LogP contribution in [0.25, 0.3) is 0 Å². The van der Waals surface area contributed by atoms with Crippen molar-refractivity contribution < 1.29 is 4.79 Å². The van der Waals surface area contributed by atoms with Gasteiger partial charge in [0.25, 0.3) is 0 Å². The number of hydrogen-bond donors (Lipinski definition) is 2. The summed E-state index contributed by atoms with van der Waals surface area (Å²) in [5.41, 5.74) is -0.209. The first-order valence-electron chi connectivity index (χ1n) is 6.46. The standard InChI is InChI=1S/C13H26N4O/c1-13(2,11-14)7-5-6-8-15-9-10-16-12(18)17(3)4/h15H,5-10H2,1-4H3,(H,16,18). The van der Waals surface area contributed by atoms with Crippen molar-refractivity contribution in [3.8, 4) is 6.07 Å². The maximum absolute atomic E-state index is 11.2. The number of nitriles is 1. The molecule has 18 heavy (non-hydrogen) atoms. The van der Waals surface area contributed by atoms with E-state index in [4.69, 9.17) is 5.26 Å². The quantitative estimate of drug-likeness (QED) is 0.646. The van der Waals surface area contributed by atoms with E-state index in [9.17, 15) is 4.79 Å². The van der Waals surface area contributed by atoms with Gasteiger partial charge in [-0.15, -0.1) is 0 Å². The minimum Gasteiger partial charge on any atom is -0.337 e. The maximum atomic E-state index is 11.2. The number of unbranched alkanes of at least 4 members (excludes halogenated alkanes) is 1. The highest BCUT2D eigenvalue weighted by atomic mass is 16.2. The van der Waals surface area contributed by atoms with Crippen LogP contribution in [0, 0.1) is 16.7 Å². The number of rotatable bonds is 8. The van der Waals surface area contributed by atoms with E-state index in [0.717, 1.165) is 32.4 Å². The molecule has 0 unspecified atom stereocenters. The minimum absolute atomic E-state index is 0.0624. The number of urea groups is 1. The molecule has 0 saturated heterocycles. The lowest BCUT2D eigenvalue weighted by Gasteiger charge is -2.14. The van der Waals surface area contributed by atoms with Crippen LogP contribution in [0.3, 0.4) is 0 Å². The van der Waals surface area contributed by atoms with Crippen molar-refractivity contribution in [2.75, 3.05) is 33.7 Å². The molecule has 0 aromatic carbocycles. The Bertz CT molecular complexity index is 281. The lowest BCUT2D eigenvalue weighted by atomic mass is 9.89. The van der Waals surface area contributed by atoms with Crippen LogP contribution < -0.4 is 10.6 Å². The van der Waals surface area contributed by atoms with E-state index in [2.05, 4.69) is 16.7 Å². The molecule has 0 radical (unpaired) electrons. The molecule has 0 bridgehead atoms. The van der Waals surface area contributed by atoms with Gasteiger partial charge in [-0.25, -0.2) is 4.79 Å². The largest absolute Gasteiger partial charge is 0.337 e. The van der Waals surface area contributed by atoms with Gasteiger partial charge in [0, 0.05) is 27.2 Å². The smallest absolute Gasteiger partial charge is 0.316 e. The Morgan fingerprint density at radius 3 is 2.44 bits per heavy atom. The van der Waals surface area contributed by atoms with Gasteiger partial charge in [-0.3, -0.25) is 0 Å². The van der Waals surface area contributed by atoms with Gasteiger partial charge in [0.15, 0.2) is 0 Å². The summed E-state index contributed by atoms with van der Waals surface area (Å²) in [7, 11) is 3.44. The molecular weight excluding hydrogens is 228 g/mol. The molecule has 0 rings (SSSR count). The van der Waals surface area contributed by atoms with Crippen molar-refractivity contribution in [1.29, 1.82) is 5.26 Å². The van der Waals surface area contributed by atoms with Gasteiger partial charge >= 0.3 is 6.03 Å². The van der Waals surface area contributed by atoms with E-state index in [1.165, 1.54) is 4.90 Å². The zero-order valence-electron chi connectivity index (χ0n) is 12.0. The lowest BCUT2D eigenvalue weighted by Crippen LogP contribution is -2.38. The predicted octanol–water partition coefficient (Wildman–Crippen LogP) is 1.57. The van der Waals surface area contributed by atoms with Crippen LogP contribution in [-0.2, 0) is 0 Å². The van der Waals surface area contributed by atoms with Crippen molar-refractivity contribution in [3.05, 3.63) is 0 Å². The molecule has 0 aliphatic heterocycles. The normalized spacial score (nSPS) is 10.8. The molecular formula is C13H26N4O. The molecule has 2 amide bonds. The Kier molecular flexibility index (Phi) is 8.14. The third kappa shape index (κ3) is 8.82. The van der Waals surface area contributed by atoms with E-state index in [1.54, 1.807) is 14.1 Å². The van der Waals surface area contributed by atoms with E-state index in [1.807, 2.05) is 13.8 Å². The van der Waals surface area contributed by atoms with Gasteiger partial charge in [-0.2, -0.15) is 5.26 Å². The van der Waals surface area contributed by atoms with Gasteiger partial charge in [0.05, 0.1) is 11.5 Å². The van der Waals surface area contributed by atoms with Crippen molar-refractivity contribution in [2.45, 2.75) is 33.1 Å². The summed E-state index contributed by atoms with van der Waals surface area (Å²) >= 11 is 0. The molecule has 0 aromatic rings. The highest BCUT2D eigenvalue weighted by Gasteiger charge is 2.15. The predicted molar refractivity (Wildman–Crippen MR) is 73.2 cm³/mol. The first kappa shape index (κ1) is 16.7. The van der Waals surface area contributed by atoms with Crippen LogP contribution in [0.2, 0.25) is 0 Å². The van der Waals surface area contributed by atoms with E-state index in [0.29, 0.717) is 6.54 Å². The fraction of sp³-hybridized carbons (Fsp3) is 0.846. The van der Waals surface area contributed by atoms with Gasteiger partial charge in [0.2, 0.25) is 0 Å². The average molecular weight is 254 g/mol. The minimum atomic E-state index is -0.209. The zero-order chi connectivity index (χ0) is 14.0. The van der Waals surface area contributed by atoms with Gasteiger partial charge in [-0.1, -0.05) is 6.42 Å². The molecule has 5 nitrogen and oxygen atoms in total. The van der Waals surface area contributed by atoms with Gasteiger partial charge in [0.1, 0.15) is 0 Å². The summed E-state index contributed by atoms with van der Waals surface area (Å²) < 4.78 is 0. The van der Waals surface area contributed by atoms with Crippen molar-refractivity contribution in [1.82, 2.24) is 15.5 Å². The van der Waals surface area contributed by atoms with E-state index >= 15 is 0 Å². The number of amides is 2. The van der Waals surface area contributed by atoms with Crippen molar-refractivity contribution >= 4 is 6.03 Å². The number of carbonyl (C=O) groups excluding carboxylic acids is 1. The Balaban J connectivity index is 3.33. The van der Waals surface area contributed by atoms with Crippen molar-refractivity contribution in [2.24, 2.45) is 5.41 Å². The third-order valence-corrected chi connectivity index (χ3v) is 2.69. The first-order chi connectivity index (χ1) is 8.39. The Morgan fingerprint density at radius 2 is 1.89 bits per heavy atom. The van der Waals surface area contributed by atoms with Gasteiger partial charge in [-0.05, 0) is 33.2 Å². The fourth-order valence-corrected chi connectivity index (χ4v) is 1.41. The molecule has 104 valence electrons. The summed E-state index contributed by atoms with van der Waals surface area (Å²) in [6.07, 6.45) is 3.05. The SMILES string of the molecule is CN(C)C(=O)NCCNCCCCC(C)(C)C#N.